The first-order valence-corrected chi connectivity index (χ1v) is 11.7. The second-order valence-electron chi connectivity index (χ2n) is 8.76. The lowest BCUT2D eigenvalue weighted by Crippen LogP contribution is -2.38. The Balaban J connectivity index is 3.28. The smallest absolute Gasteiger partial charge is 0.321 e. The maximum absolute atomic E-state index is 12.1. The lowest BCUT2D eigenvalue weighted by atomic mass is 9.87. The Kier molecular flexibility index (Phi) is 12.3. The second kappa shape index (κ2) is 14.3. The molecular weight excluding hydrogens is 442 g/mol. The van der Waals surface area contributed by atoms with Crippen LogP contribution in [0, 0.1) is 5.92 Å². The lowest BCUT2D eigenvalue weighted by molar-refractivity contribution is -0.149. The number of carboxylic acids is 1. The maximum atomic E-state index is 12.1. The largest absolute Gasteiger partial charge is 0.480 e. The molecule has 0 amide bonds. The fourth-order valence-corrected chi connectivity index (χ4v) is 3.35. The number of ether oxygens (including phenoxy) is 3. The quantitative estimate of drug-likeness (QED) is 0.299. The number of carbonyl (C=O) groups is 4. The molecule has 0 radical (unpaired) electrons. The molecule has 0 aliphatic rings. The average molecular weight is 480 g/mol. The summed E-state index contributed by atoms with van der Waals surface area (Å²) in [6, 6.07) is 3.17. The molecule has 0 bridgehead atoms. The van der Waals surface area contributed by atoms with E-state index in [0.29, 0.717) is 18.4 Å². The van der Waals surface area contributed by atoms with E-state index in [1.165, 1.54) is 12.1 Å². The Hall–Kier alpha value is -2.94. The Bertz CT molecular complexity index is 851. The third kappa shape index (κ3) is 9.91. The maximum Gasteiger partial charge on any atom is 0.321 e. The molecule has 2 unspecified atom stereocenters. The van der Waals surface area contributed by atoms with Crippen molar-refractivity contribution in [1.82, 2.24) is 0 Å². The van der Waals surface area contributed by atoms with Gasteiger partial charge in [-0.25, -0.2) is 0 Å². The van der Waals surface area contributed by atoms with Gasteiger partial charge < -0.3 is 25.1 Å². The van der Waals surface area contributed by atoms with E-state index < -0.39 is 36.0 Å². The van der Waals surface area contributed by atoms with Crippen molar-refractivity contribution >= 4 is 23.9 Å². The number of hydrogen-bond donors (Lipinski definition) is 2. The van der Waals surface area contributed by atoms with Gasteiger partial charge in [0.15, 0.2) is 11.5 Å². The van der Waals surface area contributed by atoms with E-state index in [2.05, 4.69) is 0 Å². The van der Waals surface area contributed by atoms with Crippen molar-refractivity contribution in [1.29, 1.82) is 0 Å². The predicted octanol–water partition coefficient (Wildman–Crippen LogP) is 3.96. The Morgan fingerprint density at radius 1 is 0.912 bits per heavy atom. The molecule has 1 aromatic carbocycles. The first-order valence-electron chi connectivity index (χ1n) is 11.7. The molecule has 3 atom stereocenters. The highest BCUT2D eigenvalue weighted by atomic mass is 16.6. The Labute approximate surface area is 200 Å². The standard InChI is InChI=1S/C25H37NO8/c1-6-8-21(27)33-19-11-10-17(14-20(19)34-22(28)9-7-2)18(24(26)25(30)31)13-16(5)32-23(29)12-15(3)4/h10-11,14-16,18,24H,6-9,12-13,26H2,1-5H3,(H,30,31)/t16?,18?,24-/m0/s1. The van der Waals surface area contributed by atoms with Crippen LogP contribution in [0.4, 0.5) is 0 Å². The summed E-state index contributed by atoms with van der Waals surface area (Å²) in [5, 5.41) is 9.56. The van der Waals surface area contributed by atoms with Crippen LogP contribution in [0.3, 0.4) is 0 Å². The van der Waals surface area contributed by atoms with E-state index in [9.17, 15) is 24.3 Å². The van der Waals surface area contributed by atoms with Crippen molar-refractivity contribution in [3.8, 4) is 11.5 Å². The van der Waals surface area contributed by atoms with Gasteiger partial charge in [-0.3, -0.25) is 19.2 Å². The molecule has 1 rings (SSSR count). The number of nitrogens with two attached hydrogens (primary N) is 1. The zero-order valence-electron chi connectivity index (χ0n) is 20.7. The van der Waals surface area contributed by atoms with Crippen molar-refractivity contribution in [2.45, 2.75) is 91.2 Å². The van der Waals surface area contributed by atoms with E-state index in [1.807, 2.05) is 27.7 Å². The molecule has 0 fully saturated rings. The number of esters is 3. The van der Waals surface area contributed by atoms with E-state index in [0.717, 1.165) is 0 Å². The molecule has 190 valence electrons. The van der Waals surface area contributed by atoms with E-state index in [4.69, 9.17) is 19.9 Å². The highest BCUT2D eigenvalue weighted by molar-refractivity contribution is 5.77. The van der Waals surface area contributed by atoms with E-state index in [1.54, 1.807) is 13.0 Å². The molecule has 1 aromatic rings. The van der Waals surface area contributed by atoms with Crippen molar-refractivity contribution in [2.75, 3.05) is 0 Å². The molecule has 0 spiro atoms. The fraction of sp³-hybridized carbons (Fsp3) is 0.600. The van der Waals surface area contributed by atoms with Gasteiger partial charge in [-0.15, -0.1) is 0 Å². The van der Waals surface area contributed by atoms with Gasteiger partial charge in [-0.2, -0.15) is 0 Å². The van der Waals surface area contributed by atoms with Gasteiger partial charge in [-0.05, 0) is 49.8 Å². The number of carboxylic acid groups (broad SMARTS) is 1. The highest BCUT2D eigenvalue weighted by Crippen LogP contribution is 2.35. The van der Waals surface area contributed by atoms with Crippen LogP contribution in [-0.4, -0.2) is 41.1 Å². The fourth-order valence-electron chi connectivity index (χ4n) is 3.35. The lowest BCUT2D eigenvalue weighted by Gasteiger charge is -2.25. The van der Waals surface area contributed by atoms with Gasteiger partial charge >= 0.3 is 23.9 Å². The predicted molar refractivity (Wildman–Crippen MR) is 126 cm³/mol. The molecule has 34 heavy (non-hydrogen) atoms. The third-order valence-corrected chi connectivity index (χ3v) is 4.96. The first-order chi connectivity index (χ1) is 16.0. The van der Waals surface area contributed by atoms with Gasteiger partial charge in [0.2, 0.25) is 0 Å². The number of benzene rings is 1. The van der Waals surface area contributed by atoms with Gasteiger partial charge in [0, 0.05) is 25.2 Å². The Morgan fingerprint density at radius 2 is 1.47 bits per heavy atom. The minimum Gasteiger partial charge on any atom is -0.480 e. The van der Waals surface area contributed by atoms with Crippen LogP contribution in [0.2, 0.25) is 0 Å². The molecule has 9 nitrogen and oxygen atoms in total. The summed E-state index contributed by atoms with van der Waals surface area (Å²) in [5.41, 5.74) is 6.43. The van der Waals surface area contributed by atoms with E-state index >= 15 is 0 Å². The molecule has 0 aliphatic heterocycles. The topological polar surface area (TPSA) is 142 Å². The molecule has 0 aromatic heterocycles. The van der Waals surface area contributed by atoms with Gasteiger partial charge in [0.1, 0.15) is 6.04 Å². The first kappa shape index (κ1) is 29.1. The van der Waals surface area contributed by atoms with Gasteiger partial charge in [0.25, 0.3) is 0 Å². The van der Waals surface area contributed by atoms with Crippen LogP contribution in [0.5, 0.6) is 11.5 Å². The van der Waals surface area contributed by atoms with Crippen molar-refractivity contribution in [3.05, 3.63) is 23.8 Å². The number of rotatable bonds is 14. The number of aliphatic carboxylic acids is 1. The van der Waals surface area contributed by atoms with Gasteiger partial charge in [-0.1, -0.05) is 33.8 Å². The monoisotopic (exact) mass is 479 g/mol. The van der Waals surface area contributed by atoms with E-state index in [-0.39, 0.29) is 49.1 Å². The van der Waals surface area contributed by atoms with Crippen LogP contribution < -0.4 is 15.2 Å². The minimum absolute atomic E-state index is 0.00690. The van der Waals surface area contributed by atoms with Crippen LogP contribution in [0.1, 0.15) is 84.6 Å². The average Bonchev–Trinajstić information content (AvgIpc) is 2.72. The number of hydrogen-bond acceptors (Lipinski definition) is 8. The minimum atomic E-state index is -1.31. The van der Waals surface area contributed by atoms with Crippen LogP contribution in [0.15, 0.2) is 18.2 Å². The zero-order chi connectivity index (χ0) is 25.8. The van der Waals surface area contributed by atoms with Crippen LogP contribution >= 0.6 is 0 Å². The molecular formula is C25H37NO8. The summed E-state index contributed by atoms with van der Waals surface area (Å²) >= 11 is 0. The normalized spacial score (nSPS) is 13.6. The van der Waals surface area contributed by atoms with Crippen LogP contribution in [0.25, 0.3) is 0 Å². The van der Waals surface area contributed by atoms with Crippen molar-refractivity contribution < 1.29 is 38.5 Å². The molecule has 9 heteroatoms. The van der Waals surface area contributed by atoms with Crippen molar-refractivity contribution in [3.63, 3.8) is 0 Å². The summed E-state index contributed by atoms with van der Waals surface area (Å²) in [5.74, 6) is -3.16. The molecule has 0 heterocycles. The Morgan fingerprint density at radius 3 is 1.97 bits per heavy atom. The zero-order valence-corrected chi connectivity index (χ0v) is 20.7. The summed E-state index contributed by atoms with van der Waals surface area (Å²) in [4.78, 5) is 47.9. The molecule has 0 saturated heterocycles. The number of carbonyl (C=O) groups excluding carboxylic acids is 3. The molecule has 0 aliphatic carbocycles. The van der Waals surface area contributed by atoms with Crippen molar-refractivity contribution in [2.24, 2.45) is 11.7 Å². The molecule has 0 saturated carbocycles. The van der Waals surface area contributed by atoms with Gasteiger partial charge in [0.05, 0.1) is 6.10 Å². The SMILES string of the molecule is CCCC(=O)Oc1ccc(C(CC(C)OC(=O)CC(C)C)[C@H](N)C(=O)O)cc1OC(=O)CCC. The second-order valence-corrected chi connectivity index (χ2v) is 8.76. The highest BCUT2D eigenvalue weighted by Gasteiger charge is 2.30. The van der Waals surface area contributed by atoms with Crippen LogP contribution in [-0.2, 0) is 23.9 Å². The molecule has 3 N–H and O–H groups in total. The summed E-state index contributed by atoms with van der Waals surface area (Å²) < 4.78 is 16.2. The summed E-state index contributed by atoms with van der Waals surface area (Å²) in [7, 11) is 0. The summed E-state index contributed by atoms with van der Waals surface area (Å²) in [6.45, 7) is 9.11. The summed E-state index contributed by atoms with van der Waals surface area (Å²) in [6.07, 6.45) is 1.28. The third-order valence-electron chi connectivity index (χ3n) is 4.96.